The van der Waals surface area contributed by atoms with Crippen molar-refractivity contribution in [2.75, 3.05) is 5.73 Å². The van der Waals surface area contributed by atoms with Crippen molar-refractivity contribution in [3.63, 3.8) is 0 Å². The highest BCUT2D eigenvalue weighted by atomic mass is 15.3. The number of nitrogens with zero attached hydrogens (tertiary/aromatic N) is 4. The zero-order valence-electron chi connectivity index (χ0n) is 7.25. The average molecular weight is 185 g/mol. The summed E-state index contributed by atoms with van der Waals surface area (Å²) in [5.41, 5.74) is 6.53. The van der Waals surface area contributed by atoms with Crippen LogP contribution in [-0.2, 0) is 0 Å². The van der Waals surface area contributed by atoms with Crippen LogP contribution in [0.3, 0.4) is 0 Å². The van der Waals surface area contributed by atoms with E-state index in [2.05, 4.69) is 15.3 Å². The van der Waals surface area contributed by atoms with E-state index in [1.807, 2.05) is 24.3 Å². The lowest BCUT2D eigenvalue weighted by Gasteiger charge is -2.01. The van der Waals surface area contributed by atoms with Gasteiger partial charge in [0.2, 0.25) is 0 Å². The summed E-state index contributed by atoms with van der Waals surface area (Å²) in [4.78, 5) is 0. The Morgan fingerprint density at radius 2 is 1.93 bits per heavy atom. The Hall–Kier alpha value is -2.17. The van der Waals surface area contributed by atoms with Crippen molar-refractivity contribution in [3.8, 4) is 0 Å². The van der Waals surface area contributed by atoms with Crippen LogP contribution in [0, 0.1) is 0 Å². The second-order valence-electron chi connectivity index (χ2n) is 3.03. The first-order valence-electron chi connectivity index (χ1n) is 4.20. The molecule has 14 heavy (non-hydrogen) atoms. The number of fused-ring (bicyclic) bond motifs is 3. The van der Waals surface area contributed by atoms with Crippen LogP contribution >= 0.6 is 0 Å². The minimum atomic E-state index is 0.493. The van der Waals surface area contributed by atoms with Crippen LogP contribution < -0.4 is 5.73 Å². The third-order valence-corrected chi connectivity index (χ3v) is 2.19. The summed E-state index contributed by atoms with van der Waals surface area (Å²) < 4.78 is 1.58. The van der Waals surface area contributed by atoms with Gasteiger partial charge >= 0.3 is 0 Å². The van der Waals surface area contributed by atoms with Gasteiger partial charge in [-0.15, -0.1) is 15.3 Å². The molecule has 5 heteroatoms. The topological polar surface area (TPSA) is 69.1 Å². The largest absolute Gasteiger partial charge is 0.382 e. The van der Waals surface area contributed by atoms with Crippen molar-refractivity contribution in [3.05, 3.63) is 30.6 Å². The van der Waals surface area contributed by atoms with Gasteiger partial charge in [-0.25, -0.2) is 0 Å². The Labute approximate surface area is 79.2 Å². The molecule has 2 N–H and O–H groups in total. The quantitative estimate of drug-likeness (QED) is 0.564. The first-order valence-corrected chi connectivity index (χ1v) is 4.20. The number of hydrogen-bond donors (Lipinski definition) is 1. The molecular weight excluding hydrogens is 178 g/mol. The summed E-state index contributed by atoms with van der Waals surface area (Å²) in [6.07, 6.45) is 1.54. The second-order valence-corrected chi connectivity index (χ2v) is 3.03. The van der Waals surface area contributed by atoms with Crippen molar-refractivity contribution >= 4 is 22.2 Å². The van der Waals surface area contributed by atoms with Crippen LogP contribution in [0.5, 0.6) is 0 Å². The van der Waals surface area contributed by atoms with Crippen molar-refractivity contribution in [1.29, 1.82) is 0 Å². The van der Waals surface area contributed by atoms with Crippen molar-refractivity contribution < 1.29 is 0 Å². The highest BCUT2D eigenvalue weighted by Gasteiger charge is 2.05. The molecule has 2 heterocycles. The number of rotatable bonds is 0. The Balaban J connectivity index is 2.67. The Morgan fingerprint density at radius 3 is 2.79 bits per heavy atom. The van der Waals surface area contributed by atoms with Crippen LogP contribution in [-0.4, -0.2) is 19.8 Å². The number of benzene rings is 1. The van der Waals surface area contributed by atoms with Gasteiger partial charge in [0.1, 0.15) is 6.33 Å². The lowest BCUT2D eigenvalue weighted by Crippen LogP contribution is -1.98. The summed E-state index contributed by atoms with van der Waals surface area (Å²) >= 11 is 0. The molecular formula is C9H7N5. The molecule has 0 spiro atoms. The highest BCUT2D eigenvalue weighted by Crippen LogP contribution is 2.21. The van der Waals surface area contributed by atoms with Gasteiger partial charge in [0.15, 0.2) is 11.5 Å². The van der Waals surface area contributed by atoms with E-state index in [0.717, 1.165) is 16.4 Å². The summed E-state index contributed by atoms with van der Waals surface area (Å²) in [6, 6.07) is 7.74. The van der Waals surface area contributed by atoms with E-state index in [0.29, 0.717) is 5.82 Å². The highest BCUT2D eigenvalue weighted by molar-refractivity contribution is 5.98. The molecule has 2 aromatic heterocycles. The number of nitrogen functional groups attached to an aromatic ring is 1. The van der Waals surface area contributed by atoms with E-state index in [1.54, 1.807) is 4.52 Å². The minimum Gasteiger partial charge on any atom is -0.382 e. The molecule has 0 fully saturated rings. The maximum Gasteiger partial charge on any atom is 0.185 e. The Bertz CT molecular complexity index is 613. The van der Waals surface area contributed by atoms with Gasteiger partial charge in [-0.2, -0.15) is 4.52 Å². The van der Waals surface area contributed by atoms with E-state index in [4.69, 9.17) is 5.73 Å². The minimum absolute atomic E-state index is 0.493. The summed E-state index contributed by atoms with van der Waals surface area (Å²) in [5.74, 6) is 0.493. The van der Waals surface area contributed by atoms with Gasteiger partial charge in [0.05, 0.1) is 0 Å². The van der Waals surface area contributed by atoms with Crippen molar-refractivity contribution in [1.82, 2.24) is 19.8 Å². The van der Waals surface area contributed by atoms with Crippen LogP contribution in [0.15, 0.2) is 30.6 Å². The summed E-state index contributed by atoms with van der Waals surface area (Å²) in [7, 11) is 0. The average Bonchev–Trinajstić information content (AvgIpc) is 2.66. The fraction of sp³-hybridized carbons (Fsp3) is 0. The molecule has 0 saturated carbocycles. The molecule has 3 rings (SSSR count). The van der Waals surface area contributed by atoms with E-state index in [-0.39, 0.29) is 0 Å². The molecule has 5 nitrogen and oxygen atoms in total. The van der Waals surface area contributed by atoms with Gasteiger partial charge in [0.25, 0.3) is 0 Å². The van der Waals surface area contributed by atoms with Crippen molar-refractivity contribution in [2.24, 2.45) is 0 Å². The number of hydrogen-bond acceptors (Lipinski definition) is 4. The molecule has 3 aromatic rings. The first-order chi connectivity index (χ1) is 6.86. The molecule has 1 aromatic carbocycles. The number of aromatic nitrogens is 4. The molecule has 68 valence electrons. The zero-order valence-corrected chi connectivity index (χ0v) is 7.25. The van der Waals surface area contributed by atoms with Gasteiger partial charge in [-0.1, -0.05) is 24.3 Å². The van der Waals surface area contributed by atoms with Gasteiger partial charge in [-0.3, -0.25) is 0 Å². The van der Waals surface area contributed by atoms with Crippen molar-refractivity contribution in [2.45, 2.75) is 0 Å². The van der Waals surface area contributed by atoms with E-state index < -0.39 is 0 Å². The SMILES string of the molecule is Nc1nn2cnnc2c2ccccc12. The van der Waals surface area contributed by atoms with E-state index in [1.165, 1.54) is 6.33 Å². The molecule has 0 aliphatic rings. The number of anilines is 1. The second kappa shape index (κ2) is 2.41. The molecule has 0 aliphatic carbocycles. The molecule has 0 aliphatic heterocycles. The predicted octanol–water partition coefficient (Wildman–Crippen LogP) is 0.860. The van der Waals surface area contributed by atoms with E-state index >= 15 is 0 Å². The standard InChI is InChI=1S/C9H7N5/c10-8-6-3-1-2-4-7(6)9-12-11-5-14(9)13-8/h1-5H,(H2,10,13). The smallest absolute Gasteiger partial charge is 0.185 e. The number of nitrogens with two attached hydrogens (primary N) is 1. The lowest BCUT2D eigenvalue weighted by molar-refractivity contribution is 0.944. The molecule has 0 unspecified atom stereocenters. The molecule has 0 atom stereocenters. The summed E-state index contributed by atoms with van der Waals surface area (Å²) in [6.45, 7) is 0. The molecule has 0 bridgehead atoms. The fourth-order valence-electron chi connectivity index (χ4n) is 1.55. The van der Waals surface area contributed by atoms with Crippen LogP contribution in [0.1, 0.15) is 0 Å². The Morgan fingerprint density at radius 1 is 1.14 bits per heavy atom. The zero-order chi connectivity index (χ0) is 9.54. The fourth-order valence-corrected chi connectivity index (χ4v) is 1.55. The third-order valence-electron chi connectivity index (χ3n) is 2.19. The summed E-state index contributed by atoms with van der Waals surface area (Å²) in [5, 5.41) is 13.8. The lowest BCUT2D eigenvalue weighted by atomic mass is 10.2. The monoisotopic (exact) mass is 185 g/mol. The van der Waals surface area contributed by atoms with Gasteiger partial charge in [-0.05, 0) is 0 Å². The molecule has 0 saturated heterocycles. The van der Waals surface area contributed by atoms with Crippen LogP contribution in [0.2, 0.25) is 0 Å². The Kier molecular flexibility index (Phi) is 1.25. The first kappa shape index (κ1) is 7.25. The van der Waals surface area contributed by atoms with E-state index in [9.17, 15) is 0 Å². The normalized spacial score (nSPS) is 11.1. The maximum absolute atomic E-state index is 5.79. The van der Waals surface area contributed by atoms with Gasteiger partial charge in [0, 0.05) is 10.8 Å². The molecule has 0 amide bonds. The van der Waals surface area contributed by atoms with Crippen LogP contribution in [0.25, 0.3) is 16.4 Å². The predicted molar refractivity (Wildman–Crippen MR) is 52.7 cm³/mol. The molecule has 0 radical (unpaired) electrons. The third kappa shape index (κ3) is 0.806. The van der Waals surface area contributed by atoms with Crippen LogP contribution in [0.4, 0.5) is 5.82 Å². The van der Waals surface area contributed by atoms with Gasteiger partial charge < -0.3 is 5.73 Å². The maximum atomic E-state index is 5.79.